The van der Waals surface area contributed by atoms with Crippen LogP contribution in [0.25, 0.3) is 0 Å². The SMILES string of the molecule is CCOC(=O)c1c(I)c(C(C)(C)F)nn1CC1(C)CC(F)(F)C1. The normalized spacial score (nSPS) is 19.3. The maximum Gasteiger partial charge on any atom is 0.357 e. The average Bonchev–Trinajstić information content (AvgIpc) is 2.62. The van der Waals surface area contributed by atoms with E-state index in [-0.39, 0.29) is 37.4 Å². The number of hydrogen-bond donors (Lipinski definition) is 0. The summed E-state index contributed by atoms with van der Waals surface area (Å²) < 4.78 is 47.4. The summed E-state index contributed by atoms with van der Waals surface area (Å²) in [5.74, 6) is -3.30. The summed E-state index contributed by atoms with van der Waals surface area (Å²) in [5.41, 5.74) is -2.16. The van der Waals surface area contributed by atoms with E-state index in [2.05, 4.69) is 5.10 Å². The molecule has 130 valence electrons. The molecule has 0 saturated heterocycles. The second kappa shape index (κ2) is 5.93. The third-order valence-corrected chi connectivity index (χ3v) is 4.85. The van der Waals surface area contributed by atoms with Gasteiger partial charge in [0.15, 0.2) is 5.69 Å². The molecule has 0 N–H and O–H groups in total. The van der Waals surface area contributed by atoms with Crippen molar-refractivity contribution in [2.75, 3.05) is 6.61 Å². The van der Waals surface area contributed by atoms with Gasteiger partial charge in [-0.3, -0.25) is 4.68 Å². The predicted molar refractivity (Wildman–Crippen MR) is 87.3 cm³/mol. The van der Waals surface area contributed by atoms with Crippen LogP contribution < -0.4 is 0 Å². The van der Waals surface area contributed by atoms with E-state index < -0.39 is 23.0 Å². The van der Waals surface area contributed by atoms with Crippen LogP contribution in [0.4, 0.5) is 13.2 Å². The lowest BCUT2D eigenvalue weighted by atomic mass is 9.67. The fourth-order valence-electron chi connectivity index (χ4n) is 3.00. The summed E-state index contributed by atoms with van der Waals surface area (Å²) in [7, 11) is 0. The summed E-state index contributed by atoms with van der Waals surface area (Å²) in [6, 6.07) is 0. The van der Waals surface area contributed by atoms with Gasteiger partial charge in [0.2, 0.25) is 5.92 Å². The Morgan fingerprint density at radius 1 is 1.43 bits per heavy atom. The maximum atomic E-state index is 14.3. The van der Waals surface area contributed by atoms with Gasteiger partial charge in [0.05, 0.1) is 10.2 Å². The Morgan fingerprint density at radius 3 is 2.43 bits per heavy atom. The highest BCUT2D eigenvalue weighted by atomic mass is 127. The molecule has 1 heterocycles. The fourth-order valence-corrected chi connectivity index (χ4v) is 4.25. The average molecular weight is 444 g/mol. The highest BCUT2D eigenvalue weighted by Gasteiger charge is 2.54. The van der Waals surface area contributed by atoms with Crippen LogP contribution in [0.5, 0.6) is 0 Å². The molecule has 1 aromatic rings. The first kappa shape index (κ1) is 18.5. The highest BCUT2D eigenvalue weighted by Crippen LogP contribution is 2.52. The van der Waals surface area contributed by atoms with E-state index in [0.29, 0.717) is 3.57 Å². The zero-order chi connectivity index (χ0) is 17.6. The molecule has 1 fully saturated rings. The molecule has 0 aromatic carbocycles. The van der Waals surface area contributed by atoms with E-state index in [0.717, 1.165) is 0 Å². The number of esters is 1. The number of alkyl halides is 3. The molecular formula is C15H20F3IN2O2. The van der Waals surface area contributed by atoms with E-state index in [1.165, 1.54) is 18.5 Å². The molecule has 0 radical (unpaired) electrons. The second-order valence-corrected chi connectivity index (χ2v) is 7.96. The van der Waals surface area contributed by atoms with Crippen LogP contribution in [0, 0.1) is 8.99 Å². The molecule has 1 aliphatic rings. The first-order chi connectivity index (χ1) is 10.4. The van der Waals surface area contributed by atoms with Crippen LogP contribution >= 0.6 is 22.6 Å². The third-order valence-electron chi connectivity index (χ3n) is 3.83. The fraction of sp³-hybridized carbons (Fsp3) is 0.733. The first-order valence-corrected chi connectivity index (χ1v) is 8.47. The van der Waals surface area contributed by atoms with Crippen molar-refractivity contribution in [2.24, 2.45) is 5.41 Å². The van der Waals surface area contributed by atoms with Gasteiger partial charge in [-0.05, 0) is 48.8 Å². The molecule has 8 heteroatoms. The molecule has 0 unspecified atom stereocenters. The lowest BCUT2D eigenvalue weighted by Crippen LogP contribution is -2.47. The summed E-state index contributed by atoms with van der Waals surface area (Å²) in [5, 5.41) is 4.19. The molecule has 1 aromatic heterocycles. The predicted octanol–water partition coefficient (Wildman–Crippen LogP) is 4.30. The molecule has 0 spiro atoms. The second-order valence-electron chi connectivity index (χ2n) is 6.88. The summed E-state index contributed by atoms with van der Waals surface area (Å²) in [6.45, 7) is 6.37. The molecule has 2 rings (SSSR count). The van der Waals surface area contributed by atoms with E-state index in [4.69, 9.17) is 4.74 Å². The highest BCUT2D eigenvalue weighted by molar-refractivity contribution is 14.1. The Balaban J connectivity index is 2.39. The molecule has 1 saturated carbocycles. The van der Waals surface area contributed by atoms with Crippen molar-refractivity contribution in [3.8, 4) is 0 Å². The minimum absolute atomic E-state index is 0.121. The van der Waals surface area contributed by atoms with Gasteiger partial charge >= 0.3 is 5.97 Å². The zero-order valence-electron chi connectivity index (χ0n) is 13.6. The lowest BCUT2D eigenvalue weighted by molar-refractivity contribution is -0.160. The van der Waals surface area contributed by atoms with E-state index >= 15 is 0 Å². The largest absolute Gasteiger partial charge is 0.461 e. The number of nitrogens with zero attached hydrogens (tertiary/aromatic N) is 2. The number of halogens is 4. The van der Waals surface area contributed by atoms with Gasteiger partial charge in [-0.15, -0.1) is 0 Å². The van der Waals surface area contributed by atoms with Crippen molar-refractivity contribution in [2.45, 2.75) is 58.7 Å². The third kappa shape index (κ3) is 3.83. The lowest BCUT2D eigenvalue weighted by Gasteiger charge is -2.44. The standard InChI is InChI=1S/C15H20F3IN2O2/c1-5-23-12(22)10-9(19)11(13(2,3)16)20-21(10)8-14(4)6-15(17,18)7-14/h5-8H2,1-4H3. The molecule has 0 aliphatic heterocycles. The minimum atomic E-state index is -2.68. The van der Waals surface area contributed by atoms with Crippen molar-refractivity contribution < 1.29 is 22.7 Å². The zero-order valence-corrected chi connectivity index (χ0v) is 15.7. The minimum Gasteiger partial charge on any atom is -0.461 e. The molecule has 4 nitrogen and oxygen atoms in total. The number of aromatic nitrogens is 2. The van der Waals surface area contributed by atoms with E-state index in [1.807, 2.05) is 22.6 Å². The van der Waals surface area contributed by atoms with Crippen molar-refractivity contribution in [1.29, 1.82) is 0 Å². The molecule has 1 aliphatic carbocycles. The van der Waals surface area contributed by atoms with Crippen molar-refractivity contribution >= 4 is 28.6 Å². The molecule has 0 atom stereocenters. The van der Waals surface area contributed by atoms with Crippen molar-refractivity contribution in [1.82, 2.24) is 9.78 Å². The number of rotatable bonds is 5. The quantitative estimate of drug-likeness (QED) is 0.503. The monoisotopic (exact) mass is 444 g/mol. The van der Waals surface area contributed by atoms with Gasteiger partial charge in [0.1, 0.15) is 11.4 Å². The first-order valence-electron chi connectivity index (χ1n) is 7.39. The van der Waals surface area contributed by atoms with Gasteiger partial charge in [-0.2, -0.15) is 5.10 Å². The van der Waals surface area contributed by atoms with Gasteiger partial charge in [-0.1, -0.05) is 6.92 Å². The summed E-state index contributed by atoms with van der Waals surface area (Å²) >= 11 is 1.86. The van der Waals surface area contributed by atoms with Crippen LogP contribution in [-0.4, -0.2) is 28.3 Å². The van der Waals surface area contributed by atoms with Crippen LogP contribution in [0.2, 0.25) is 0 Å². The van der Waals surface area contributed by atoms with Crippen LogP contribution in [0.15, 0.2) is 0 Å². The van der Waals surface area contributed by atoms with Crippen molar-refractivity contribution in [3.63, 3.8) is 0 Å². The maximum absolute atomic E-state index is 14.3. The topological polar surface area (TPSA) is 44.1 Å². The van der Waals surface area contributed by atoms with Gasteiger partial charge in [-0.25, -0.2) is 18.0 Å². The Morgan fingerprint density at radius 2 is 2.00 bits per heavy atom. The smallest absolute Gasteiger partial charge is 0.357 e. The summed E-state index contributed by atoms with van der Waals surface area (Å²) in [6.07, 6.45) is -0.542. The number of ether oxygens (including phenoxy) is 1. The molecule has 0 amide bonds. The van der Waals surface area contributed by atoms with E-state index in [9.17, 15) is 18.0 Å². The molecule has 23 heavy (non-hydrogen) atoms. The Hall–Kier alpha value is -0.800. The van der Waals surface area contributed by atoms with Crippen LogP contribution in [-0.2, 0) is 17.0 Å². The Kier molecular flexibility index (Phi) is 4.78. The van der Waals surface area contributed by atoms with E-state index in [1.54, 1.807) is 13.8 Å². The summed E-state index contributed by atoms with van der Waals surface area (Å²) in [4.78, 5) is 12.2. The van der Waals surface area contributed by atoms with Gasteiger partial charge < -0.3 is 4.74 Å². The van der Waals surface area contributed by atoms with Crippen LogP contribution in [0.1, 0.15) is 56.7 Å². The molecule has 0 bridgehead atoms. The van der Waals surface area contributed by atoms with Gasteiger partial charge in [0.25, 0.3) is 0 Å². The Bertz CT molecular complexity index is 615. The van der Waals surface area contributed by atoms with Gasteiger partial charge in [0, 0.05) is 19.4 Å². The number of hydrogen-bond acceptors (Lipinski definition) is 3. The van der Waals surface area contributed by atoms with Crippen molar-refractivity contribution in [3.05, 3.63) is 15.0 Å². The number of carbonyl (C=O) groups excluding carboxylic acids is 1. The molecular weight excluding hydrogens is 424 g/mol. The Labute approximate surface area is 146 Å². The van der Waals surface area contributed by atoms with Crippen LogP contribution in [0.3, 0.4) is 0 Å². The number of carbonyl (C=O) groups is 1.